The van der Waals surface area contributed by atoms with E-state index in [0.717, 1.165) is 5.57 Å². The largest absolute Gasteiger partial charge is 0.393 e. The normalized spacial score (nSPS) is 13.8. The van der Waals surface area contributed by atoms with Gasteiger partial charge in [0.25, 0.3) is 0 Å². The molecule has 90 valence electrons. The molecule has 1 unspecified atom stereocenters. The van der Waals surface area contributed by atoms with Crippen molar-refractivity contribution in [3.05, 3.63) is 36.5 Å². The lowest BCUT2D eigenvalue weighted by Gasteiger charge is -2.09. The molecule has 3 N–H and O–H groups in total. The molecule has 0 aromatic carbocycles. The molecule has 0 saturated heterocycles. The number of aliphatic hydroxyl groups is 1. The Morgan fingerprint density at radius 1 is 1.56 bits per heavy atom. The van der Waals surface area contributed by atoms with Gasteiger partial charge in [-0.15, -0.1) is 0 Å². The first-order valence-corrected chi connectivity index (χ1v) is 5.19. The van der Waals surface area contributed by atoms with E-state index in [-0.39, 0.29) is 6.42 Å². The van der Waals surface area contributed by atoms with Crippen LogP contribution in [0.1, 0.15) is 26.2 Å². The maximum Gasteiger partial charge on any atom is 0.245 e. The summed E-state index contributed by atoms with van der Waals surface area (Å²) in [6, 6.07) is 0. The summed E-state index contributed by atoms with van der Waals surface area (Å²) in [7, 11) is 0. The van der Waals surface area contributed by atoms with Gasteiger partial charge in [-0.2, -0.15) is 0 Å². The predicted molar refractivity (Wildman–Crippen MR) is 62.9 cm³/mol. The third kappa shape index (κ3) is 6.98. The van der Waals surface area contributed by atoms with Crippen molar-refractivity contribution in [3.63, 3.8) is 0 Å². The summed E-state index contributed by atoms with van der Waals surface area (Å²) in [6.07, 6.45) is 7.69. The van der Waals surface area contributed by atoms with Gasteiger partial charge >= 0.3 is 0 Å². The van der Waals surface area contributed by atoms with Crippen LogP contribution in [0.4, 0.5) is 0 Å². The van der Waals surface area contributed by atoms with Crippen molar-refractivity contribution < 1.29 is 15.1 Å². The Hall–Kier alpha value is -1.39. The SMILES string of the molecule is C=C/C=C\C(=C/C)CCC(O)CC(=O)NO. The molecule has 0 radical (unpaired) electrons. The first kappa shape index (κ1) is 14.6. The van der Waals surface area contributed by atoms with Crippen molar-refractivity contribution in [2.75, 3.05) is 0 Å². The van der Waals surface area contributed by atoms with E-state index in [2.05, 4.69) is 6.58 Å². The lowest BCUT2D eigenvalue weighted by atomic mass is 10.0. The van der Waals surface area contributed by atoms with Crippen LogP contribution >= 0.6 is 0 Å². The zero-order valence-corrected chi connectivity index (χ0v) is 9.52. The van der Waals surface area contributed by atoms with Crippen molar-refractivity contribution in [2.24, 2.45) is 0 Å². The van der Waals surface area contributed by atoms with Gasteiger partial charge in [-0.25, -0.2) is 5.48 Å². The molecule has 0 fully saturated rings. The Bertz CT molecular complexity index is 282. The summed E-state index contributed by atoms with van der Waals surface area (Å²) in [6.45, 7) is 5.48. The molecule has 0 saturated carbocycles. The van der Waals surface area contributed by atoms with E-state index >= 15 is 0 Å². The van der Waals surface area contributed by atoms with E-state index in [1.165, 1.54) is 5.48 Å². The van der Waals surface area contributed by atoms with E-state index in [4.69, 9.17) is 5.21 Å². The number of carbonyl (C=O) groups is 1. The van der Waals surface area contributed by atoms with Gasteiger partial charge in [0, 0.05) is 0 Å². The van der Waals surface area contributed by atoms with Gasteiger partial charge in [-0.05, 0) is 19.8 Å². The van der Waals surface area contributed by atoms with Crippen molar-refractivity contribution in [1.82, 2.24) is 5.48 Å². The van der Waals surface area contributed by atoms with Crippen LogP contribution in [0, 0.1) is 0 Å². The second-order valence-electron chi connectivity index (χ2n) is 3.39. The van der Waals surface area contributed by atoms with Crippen LogP contribution in [-0.2, 0) is 4.79 Å². The quantitative estimate of drug-likeness (QED) is 0.351. The third-order valence-electron chi connectivity index (χ3n) is 2.13. The average Bonchev–Trinajstić information content (AvgIpc) is 2.29. The molecule has 0 heterocycles. The summed E-state index contributed by atoms with van der Waals surface area (Å²) < 4.78 is 0. The van der Waals surface area contributed by atoms with Gasteiger partial charge in [0.1, 0.15) is 0 Å². The molecular weight excluding hydrogens is 206 g/mol. The number of carbonyl (C=O) groups excluding carboxylic acids is 1. The zero-order valence-electron chi connectivity index (χ0n) is 9.52. The van der Waals surface area contributed by atoms with Crippen molar-refractivity contribution >= 4 is 5.91 Å². The van der Waals surface area contributed by atoms with Crippen LogP contribution in [0.15, 0.2) is 36.5 Å². The van der Waals surface area contributed by atoms with Crippen molar-refractivity contribution in [3.8, 4) is 0 Å². The van der Waals surface area contributed by atoms with E-state index < -0.39 is 12.0 Å². The maximum absolute atomic E-state index is 10.7. The Labute approximate surface area is 95.9 Å². The van der Waals surface area contributed by atoms with Crippen molar-refractivity contribution in [1.29, 1.82) is 0 Å². The van der Waals surface area contributed by atoms with E-state index in [1.54, 1.807) is 6.08 Å². The molecule has 0 aliphatic rings. The smallest absolute Gasteiger partial charge is 0.245 e. The Morgan fingerprint density at radius 3 is 2.75 bits per heavy atom. The summed E-state index contributed by atoms with van der Waals surface area (Å²) in [4.78, 5) is 10.7. The van der Waals surface area contributed by atoms with Crippen LogP contribution in [0.3, 0.4) is 0 Å². The predicted octanol–water partition coefficient (Wildman–Crippen LogP) is 1.71. The van der Waals surface area contributed by atoms with Crippen molar-refractivity contribution in [2.45, 2.75) is 32.3 Å². The number of nitrogens with one attached hydrogen (secondary N) is 1. The van der Waals surface area contributed by atoms with Gasteiger partial charge in [-0.3, -0.25) is 10.0 Å². The van der Waals surface area contributed by atoms with E-state index in [9.17, 15) is 9.90 Å². The van der Waals surface area contributed by atoms with Crippen LogP contribution in [-0.4, -0.2) is 22.3 Å². The molecule has 1 amide bonds. The number of hydrogen-bond donors (Lipinski definition) is 3. The molecule has 0 rings (SSSR count). The zero-order chi connectivity index (χ0) is 12.4. The topological polar surface area (TPSA) is 69.6 Å². The van der Waals surface area contributed by atoms with Gasteiger partial charge in [-0.1, -0.05) is 36.5 Å². The second-order valence-corrected chi connectivity index (χ2v) is 3.39. The Balaban J connectivity index is 3.98. The third-order valence-corrected chi connectivity index (χ3v) is 2.13. The fraction of sp³-hybridized carbons (Fsp3) is 0.417. The van der Waals surface area contributed by atoms with Crippen LogP contribution in [0.2, 0.25) is 0 Å². The highest BCUT2D eigenvalue weighted by molar-refractivity contribution is 5.75. The summed E-state index contributed by atoms with van der Waals surface area (Å²) in [5, 5.41) is 17.8. The fourth-order valence-electron chi connectivity index (χ4n) is 1.21. The number of rotatable bonds is 7. The number of hydrogen-bond acceptors (Lipinski definition) is 3. The molecule has 0 bridgehead atoms. The molecular formula is C12H19NO3. The number of aliphatic hydroxyl groups excluding tert-OH is 1. The van der Waals surface area contributed by atoms with Crippen LogP contribution in [0.5, 0.6) is 0 Å². The molecule has 4 nitrogen and oxygen atoms in total. The minimum Gasteiger partial charge on any atom is -0.393 e. The Morgan fingerprint density at radius 2 is 2.25 bits per heavy atom. The molecule has 0 aliphatic heterocycles. The van der Waals surface area contributed by atoms with Gasteiger partial charge in [0.2, 0.25) is 5.91 Å². The highest BCUT2D eigenvalue weighted by atomic mass is 16.5. The van der Waals surface area contributed by atoms with E-state index in [0.29, 0.717) is 12.8 Å². The molecule has 0 aromatic rings. The summed E-state index contributed by atoms with van der Waals surface area (Å²) >= 11 is 0. The van der Waals surface area contributed by atoms with Crippen LogP contribution < -0.4 is 5.48 Å². The first-order valence-electron chi connectivity index (χ1n) is 5.19. The highest BCUT2D eigenvalue weighted by Crippen LogP contribution is 2.11. The number of amides is 1. The molecule has 4 heteroatoms. The van der Waals surface area contributed by atoms with Gasteiger partial charge in [0.15, 0.2) is 0 Å². The summed E-state index contributed by atoms with van der Waals surface area (Å²) in [5.74, 6) is -0.573. The van der Waals surface area contributed by atoms with Gasteiger partial charge < -0.3 is 5.11 Å². The fourth-order valence-corrected chi connectivity index (χ4v) is 1.21. The lowest BCUT2D eigenvalue weighted by Crippen LogP contribution is -2.24. The summed E-state index contributed by atoms with van der Waals surface area (Å²) in [5.41, 5.74) is 2.56. The first-order chi connectivity index (χ1) is 7.63. The minimum absolute atomic E-state index is 0.0847. The average molecular weight is 225 g/mol. The maximum atomic E-state index is 10.7. The molecule has 0 spiro atoms. The molecule has 0 aliphatic carbocycles. The van der Waals surface area contributed by atoms with E-state index in [1.807, 2.05) is 25.2 Å². The van der Waals surface area contributed by atoms with Gasteiger partial charge in [0.05, 0.1) is 12.5 Å². The minimum atomic E-state index is -0.737. The molecule has 0 aromatic heterocycles. The highest BCUT2D eigenvalue weighted by Gasteiger charge is 2.09. The number of allylic oxidation sites excluding steroid dienone is 5. The monoisotopic (exact) mass is 225 g/mol. The second kappa shape index (κ2) is 8.88. The molecule has 16 heavy (non-hydrogen) atoms. The molecule has 1 atom stereocenters. The number of hydroxylamine groups is 1. The van der Waals surface area contributed by atoms with Crippen LogP contribution in [0.25, 0.3) is 0 Å². The standard InChI is InChI=1S/C12H19NO3/c1-3-5-6-10(4-2)7-8-11(14)9-12(15)13-16/h3-6,11,14,16H,1,7-9H2,2H3,(H,13,15)/b6-5-,10-4+. The lowest BCUT2D eigenvalue weighted by molar-refractivity contribution is -0.131. The Kier molecular flexibility index (Phi) is 8.11.